The minimum Gasteiger partial charge on any atom is -0.353 e. The number of rotatable bonds is 2. The van der Waals surface area contributed by atoms with Crippen molar-refractivity contribution >= 4 is 17.2 Å². The van der Waals surface area contributed by atoms with Crippen molar-refractivity contribution < 1.29 is 0 Å². The van der Waals surface area contributed by atoms with E-state index in [1.807, 2.05) is 0 Å². The molecule has 0 bridgehead atoms. The van der Waals surface area contributed by atoms with Crippen LogP contribution in [0.4, 0.5) is 5.82 Å². The van der Waals surface area contributed by atoms with Crippen LogP contribution in [0.1, 0.15) is 5.56 Å². The molecule has 0 spiro atoms. The van der Waals surface area contributed by atoms with Gasteiger partial charge in [0.25, 0.3) is 0 Å². The molecular weight excluding hydrogens is 242 g/mol. The summed E-state index contributed by atoms with van der Waals surface area (Å²) >= 11 is 1.73. The van der Waals surface area contributed by atoms with Crippen molar-refractivity contribution in [2.45, 2.75) is 6.92 Å². The van der Waals surface area contributed by atoms with E-state index in [2.05, 4.69) is 46.8 Å². The van der Waals surface area contributed by atoms with E-state index < -0.39 is 0 Å². The van der Waals surface area contributed by atoms with Gasteiger partial charge in [0.1, 0.15) is 10.8 Å². The lowest BCUT2D eigenvalue weighted by molar-refractivity contribution is 0.586. The Kier molecular flexibility index (Phi) is 3.30. The molecule has 1 saturated heterocycles. The number of aromatic nitrogens is 1. The van der Waals surface area contributed by atoms with E-state index in [4.69, 9.17) is 4.98 Å². The highest BCUT2D eigenvalue weighted by Crippen LogP contribution is 2.27. The maximum atomic E-state index is 4.75. The number of hydrogen-bond acceptors (Lipinski definition) is 4. The number of anilines is 1. The van der Waals surface area contributed by atoms with E-state index in [9.17, 15) is 0 Å². The molecule has 2 aromatic rings. The zero-order valence-corrected chi connectivity index (χ0v) is 11.3. The maximum absolute atomic E-state index is 4.75. The summed E-state index contributed by atoms with van der Waals surface area (Å²) in [5.41, 5.74) is 2.50. The molecule has 0 radical (unpaired) electrons. The van der Waals surface area contributed by atoms with E-state index in [1.54, 1.807) is 11.3 Å². The van der Waals surface area contributed by atoms with Gasteiger partial charge < -0.3 is 10.2 Å². The van der Waals surface area contributed by atoms with Gasteiger partial charge in [-0.25, -0.2) is 4.98 Å². The van der Waals surface area contributed by atoms with E-state index >= 15 is 0 Å². The first kappa shape index (κ1) is 11.7. The summed E-state index contributed by atoms with van der Waals surface area (Å²) in [7, 11) is 0. The Balaban J connectivity index is 1.82. The van der Waals surface area contributed by atoms with Gasteiger partial charge in [-0.05, 0) is 6.92 Å². The van der Waals surface area contributed by atoms with E-state index in [1.165, 1.54) is 11.1 Å². The van der Waals surface area contributed by atoms with Crippen LogP contribution in [-0.4, -0.2) is 31.2 Å². The number of thiazole rings is 1. The quantitative estimate of drug-likeness (QED) is 0.898. The molecule has 1 aromatic heterocycles. The molecule has 0 aliphatic carbocycles. The normalized spacial score (nSPS) is 15.9. The maximum Gasteiger partial charge on any atom is 0.140 e. The number of aryl methyl sites for hydroxylation is 1. The van der Waals surface area contributed by atoms with Gasteiger partial charge in [0, 0.05) is 37.1 Å². The second-order valence-corrected chi connectivity index (χ2v) is 5.47. The van der Waals surface area contributed by atoms with Crippen LogP contribution in [0.15, 0.2) is 29.6 Å². The first-order chi connectivity index (χ1) is 8.83. The molecule has 18 heavy (non-hydrogen) atoms. The fraction of sp³-hybridized carbons (Fsp3) is 0.357. The highest BCUT2D eigenvalue weighted by molar-refractivity contribution is 7.13. The molecule has 0 amide bonds. The van der Waals surface area contributed by atoms with Gasteiger partial charge in [-0.1, -0.05) is 29.8 Å². The predicted molar refractivity (Wildman–Crippen MR) is 77.4 cm³/mol. The Labute approximate surface area is 111 Å². The summed E-state index contributed by atoms with van der Waals surface area (Å²) in [4.78, 5) is 7.10. The van der Waals surface area contributed by atoms with Crippen molar-refractivity contribution in [1.29, 1.82) is 0 Å². The summed E-state index contributed by atoms with van der Waals surface area (Å²) in [5.74, 6) is 1.12. The van der Waals surface area contributed by atoms with Crippen molar-refractivity contribution in [3.8, 4) is 10.6 Å². The Bertz CT molecular complexity index is 512. The molecule has 0 saturated carbocycles. The van der Waals surface area contributed by atoms with E-state index in [0.29, 0.717) is 0 Å². The second-order valence-electron chi connectivity index (χ2n) is 4.61. The lowest BCUT2D eigenvalue weighted by Crippen LogP contribution is -2.43. The van der Waals surface area contributed by atoms with Crippen LogP contribution in [0.5, 0.6) is 0 Å². The van der Waals surface area contributed by atoms with Gasteiger partial charge in [0.2, 0.25) is 0 Å². The van der Waals surface area contributed by atoms with Gasteiger partial charge in [-0.2, -0.15) is 0 Å². The fourth-order valence-electron chi connectivity index (χ4n) is 2.13. The van der Waals surface area contributed by atoms with Gasteiger partial charge >= 0.3 is 0 Å². The van der Waals surface area contributed by atoms with Crippen LogP contribution >= 0.6 is 11.3 Å². The standard InChI is InChI=1S/C14H17N3S/c1-11-2-4-12(5-3-11)14-16-13(10-18-14)17-8-6-15-7-9-17/h2-5,10,15H,6-9H2,1H3. The zero-order chi connectivity index (χ0) is 12.4. The number of nitrogens with one attached hydrogen (secondary N) is 1. The molecular formula is C14H17N3S. The Hall–Kier alpha value is -1.39. The molecule has 1 aromatic carbocycles. The molecule has 3 rings (SSSR count). The molecule has 0 atom stereocenters. The predicted octanol–water partition coefficient (Wildman–Crippen LogP) is 2.53. The second kappa shape index (κ2) is 5.08. The third kappa shape index (κ3) is 2.40. The Morgan fingerprint density at radius 2 is 1.89 bits per heavy atom. The van der Waals surface area contributed by atoms with Crippen molar-refractivity contribution in [1.82, 2.24) is 10.3 Å². The van der Waals surface area contributed by atoms with E-state index in [-0.39, 0.29) is 0 Å². The molecule has 1 fully saturated rings. The largest absolute Gasteiger partial charge is 0.353 e. The van der Waals surface area contributed by atoms with Crippen molar-refractivity contribution in [3.63, 3.8) is 0 Å². The zero-order valence-electron chi connectivity index (χ0n) is 10.5. The Morgan fingerprint density at radius 3 is 2.61 bits per heavy atom. The van der Waals surface area contributed by atoms with Crippen LogP contribution in [0, 0.1) is 6.92 Å². The van der Waals surface area contributed by atoms with Gasteiger partial charge in [0.05, 0.1) is 0 Å². The summed E-state index contributed by atoms with van der Waals surface area (Å²) < 4.78 is 0. The number of hydrogen-bond donors (Lipinski definition) is 1. The van der Waals surface area contributed by atoms with Crippen LogP contribution in [0.3, 0.4) is 0 Å². The average Bonchev–Trinajstić information content (AvgIpc) is 2.90. The number of piperazine rings is 1. The van der Waals surface area contributed by atoms with E-state index in [0.717, 1.165) is 37.0 Å². The lowest BCUT2D eigenvalue weighted by atomic mass is 10.2. The third-order valence-corrected chi connectivity index (χ3v) is 4.11. The minimum atomic E-state index is 1.05. The molecule has 94 valence electrons. The van der Waals surface area contributed by atoms with Gasteiger partial charge in [0.15, 0.2) is 0 Å². The smallest absolute Gasteiger partial charge is 0.140 e. The number of nitrogens with zero attached hydrogens (tertiary/aromatic N) is 2. The van der Waals surface area contributed by atoms with Crippen LogP contribution in [0.25, 0.3) is 10.6 Å². The minimum absolute atomic E-state index is 1.05. The fourth-order valence-corrected chi connectivity index (χ4v) is 2.97. The molecule has 3 nitrogen and oxygen atoms in total. The molecule has 1 N–H and O–H groups in total. The molecule has 2 heterocycles. The van der Waals surface area contributed by atoms with Crippen LogP contribution in [0.2, 0.25) is 0 Å². The molecule has 4 heteroatoms. The van der Waals surface area contributed by atoms with Crippen molar-refractivity contribution in [2.75, 3.05) is 31.1 Å². The summed E-state index contributed by atoms with van der Waals surface area (Å²) in [5, 5.41) is 6.64. The highest BCUT2D eigenvalue weighted by Gasteiger charge is 2.13. The first-order valence-electron chi connectivity index (χ1n) is 6.31. The lowest BCUT2D eigenvalue weighted by Gasteiger charge is -2.27. The summed E-state index contributed by atoms with van der Waals surface area (Å²) in [6.45, 7) is 6.32. The van der Waals surface area contributed by atoms with Crippen molar-refractivity contribution in [2.24, 2.45) is 0 Å². The SMILES string of the molecule is Cc1ccc(-c2nc(N3CCNCC3)cs2)cc1. The monoisotopic (exact) mass is 259 g/mol. The van der Waals surface area contributed by atoms with Crippen LogP contribution < -0.4 is 10.2 Å². The summed E-state index contributed by atoms with van der Waals surface area (Å²) in [6, 6.07) is 8.58. The Morgan fingerprint density at radius 1 is 1.17 bits per heavy atom. The molecule has 1 aliphatic rings. The topological polar surface area (TPSA) is 28.2 Å². The molecule has 0 unspecified atom stereocenters. The first-order valence-corrected chi connectivity index (χ1v) is 7.19. The number of benzene rings is 1. The van der Waals surface area contributed by atoms with Crippen molar-refractivity contribution in [3.05, 3.63) is 35.2 Å². The van der Waals surface area contributed by atoms with Gasteiger partial charge in [-0.15, -0.1) is 11.3 Å². The third-order valence-electron chi connectivity index (χ3n) is 3.23. The van der Waals surface area contributed by atoms with Gasteiger partial charge in [-0.3, -0.25) is 0 Å². The summed E-state index contributed by atoms with van der Waals surface area (Å²) in [6.07, 6.45) is 0. The highest BCUT2D eigenvalue weighted by atomic mass is 32.1. The average molecular weight is 259 g/mol. The van der Waals surface area contributed by atoms with Crippen LogP contribution in [-0.2, 0) is 0 Å². The molecule has 1 aliphatic heterocycles.